The highest BCUT2D eigenvalue weighted by molar-refractivity contribution is 6.30. The fourth-order valence-electron chi connectivity index (χ4n) is 2.87. The van der Waals surface area contributed by atoms with Crippen LogP contribution in [0.5, 0.6) is 0 Å². The molecule has 134 valence electrons. The van der Waals surface area contributed by atoms with Crippen LogP contribution in [0.25, 0.3) is 0 Å². The zero-order chi connectivity index (χ0) is 18.6. The molecule has 0 saturated carbocycles. The van der Waals surface area contributed by atoms with Crippen LogP contribution in [0.15, 0.2) is 24.3 Å². The molecule has 0 bridgehead atoms. The molecule has 2 rings (SSSR count). The van der Waals surface area contributed by atoms with Gasteiger partial charge in [0.15, 0.2) is 5.78 Å². The maximum Gasteiger partial charge on any atom is 0.340 e. The second-order valence-electron chi connectivity index (χ2n) is 6.07. The van der Waals surface area contributed by atoms with E-state index in [1.54, 1.807) is 20.8 Å². The number of aromatic nitrogens is 1. The number of aromatic amines is 1. The number of carbonyl (C=O) groups excluding carboxylic acids is 2. The van der Waals surface area contributed by atoms with E-state index in [4.69, 9.17) is 16.3 Å². The van der Waals surface area contributed by atoms with E-state index in [1.807, 2.05) is 36.2 Å². The first-order valence-electron chi connectivity index (χ1n) is 8.16. The topological polar surface area (TPSA) is 62.4 Å². The largest absolute Gasteiger partial charge is 0.462 e. The van der Waals surface area contributed by atoms with Crippen LogP contribution in [0.3, 0.4) is 0 Å². The number of benzene rings is 1. The smallest absolute Gasteiger partial charge is 0.340 e. The highest BCUT2D eigenvalue weighted by Gasteiger charge is 2.23. The minimum atomic E-state index is -0.403. The van der Waals surface area contributed by atoms with E-state index in [0.717, 1.165) is 5.56 Å². The van der Waals surface area contributed by atoms with Crippen LogP contribution in [0.4, 0.5) is 0 Å². The van der Waals surface area contributed by atoms with Gasteiger partial charge in [-0.2, -0.15) is 0 Å². The molecule has 0 spiro atoms. The predicted molar refractivity (Wildman–Crippen MR) is 98.3 cm³/mol. The number of esters is 1. The van der Waals surface area contributed by atoms with Crippen LogP contribution in [-0.2, 0) is 11.3 Å². The maximum absolute atomic E-state index is 12.6. The van der Waals surface area contributed by atoms with Crippen molar-refractivity contribution in [2.75, 3.05) is 20.2 Å². The number of hydrogen-bond donors (Lipinski definition) is 1. The van der Waals surface area contributed by atoms with Crippen molar-refractivity contribution in [3.05, 3.63) is 57.4 Å². The molecule has 1 aromatic heterocycles. The van der Waals surface area contributed by atoms with Crippen molar-refractivity contribution in [1.82, 2.24) is 9.88 Å². The highest BCUT2D eigenvalue weighted by Crippen LogP contribution is 2.20. The number of ether oxygens (including phenoxy) is 1. The number of H-pyrrole nitrogens is 1. The molecule has 0 aliphatic rings. The fourth-order valence-corrected chi connectivity index (χ4v) is 3.08. The first-order valence-corrected chi connectivity index (χ1v) is 8.53. The van der Waals surface area contributed by atoms with Gasteiger partial charge in [-0.3, -0.25) is 9.69 Å². The van der Waals surface area contributed by atoms with E-state index in [-0.39, 0.29) is 12.3 Å². The number of nitrogens with one attached hydrogen (secondary N) is 1. The lowest BCUT2D eigenvalue weighted by molar-refractivity contribution is 0.0525. The summed E-state index contributed by atoms with van der Waals surface area (Å²) in [6.45, 7) is 6.43. The fraction of sp³-hybridized carbons (Fsp3) is 0.368. The number of halogens is 1. The van der Waals surface area contributed by atoms with Gasteiger partial charge < -0.3 is 9.72 Å². The third-order valence-electron chi connectivity index (χ3n) is 3.95. The lowest BCUT2D eigenvalue weighted by atomic mass is 10.1. The minimum Gasteiger partial charge on any atom is -0.462 e. The van der Waals surface area contributed by atoms with E-state index in [2.05, 4.69) is 4.98 Å². The van der Waals surface area contributed by atoms with Crippen molar-refractivity contribution in [2.45, 2.75) is 27.3 Å². The average Bonchev–Trinajstić information content (AvgIpc) is 2.82. The van der Waals surface area contributed by atoms with Gasteiger partial charge in [-0.1, -0.05) is 23.7 Å². The minimum absolute atomic E-state index is 0.0688. The molecular formula is C19H23ClN2O3. The van der Waals surface area contributed by atoms with Crippen LogP contribution in [0.1, 0.15) is 44.6 Å². The number of carbonyl (C=O) groups is 2. The van der Waals surface area contributed by atoms with Crippen molar-refractivity contribution in [3.63, 3.8) is 0 Å². The van der Waals surface area contributed by atoms with E-state index >= 15 is 0 Å². The number of rotatable bonds is 7. The molecule has 1 heterocycles. The molecule has 0 amide bonds. The summed E-state index contributed by atoms with van der Waals surface area (Å²) in [5.74, 6) is -0.472. The van der Waals surface area contributed by atoms with Crippen molar-refractivity contribution in [3.8, 4) is 0 Å². The number of Topliss-reactive ketones (excluding diaryl/α,β-unsaturated/α-hetero) is 1. The molecule has 0 saturated heterocycles. The van der Waals surface area contributed by atoms with Crippen molar-refractivity contribution >= 4 is 23.4 Å². The summed E-state index contributed by atoms with van der Waals surface area (Å²) in [5.41, 5.74) is 3.23. The lowest BCUT2D eigenvalue weighted by Gasteiger charge is -2.16. The summed E-state index contributed by atoms with van der Waals surface area (Å²) in [5, 5.41) is 0.673. The molecule has 0 aliphatic heterocycles. The Balaban J connectivity index is 2.10. The molecule has 1 aromatic carbocycles. The van der Waals surface area contributed by atoms with Gasteiger partial charge in [-0.25, -0.2) is 4.79 Å². The first-order chi connectivity index (χ1) is 11.8. The third kappa shape index (κ3) is 4.71. The van der Waals surface area contributed by atoms with Crippen LogP contribution in [0, 0.1) is 13.8 Å². The Morgan fingerprint density at radius 2 is 2.00 bits per heavy atom. The summed E-state index contributed by atoms with van der Waals surface area (Å²) >= 11 is 5.99. The number of likely N-dealkylation sites (N-methyl/N-ethyl adjacent to an activating group) is 1. The molecule has 0 aliphatic carbocycles. The molecule has 0 fully saturated rings. The molecule has 0 unspecified atom stereocenters. The molecule has 0 atom stereocenters. The van der Waals surface area contributed by atoms with Gasteiger partial charge in [0, 0.05) is 17.3 Å². The zero-order valence-electron chi connectivity index (χ0n) is 15.0. The molecule has 0 radical (unpaired) electrons. The van der Waals surface area contributed by atoms with Gasteiger partial charge >= 0.3 is 5.97 Å². The van der Waals surface area contributed by atoms with Gasteiger partial charge in [0.25, 0.3) is 0 Å². The molecule has 5 nitrogen and oxygen atoms in total. The summed E-state index contributed by atoms with van der Waals surface area (Å²) in [6, 6.07) is 7.55. The molecule has 6 heteroatoms. The Morgan fingerprint density at radius 3 is 2.64 bits per heavy atom. The van der Waals surface area contributed by atoms with Crippen molar-refractivity contribution in [2.24, 2.45) is 0 Å². The molecule has 2 aromatic rings. The van der Waals surface area contributed by atoms with Crippen LogP contribution >= 0.6 is 11.6 Å². The number of ketones is 1. The van der Waals surface area contributed by atoms with Crippen LogP contribution in [-0.4, -0.2) is 41.8 Å². The van der Waals surface area contributed by atoms with Crippen LogP contribution < -0.4 is 0 Å². The second kappa shape index (κ2) is 8.32. The zero-order valence-corrected chi connectivity index (χ0v) is 15.7. The summed E-state index contributed by atoms with van der Waals surface area (Å²) in [4.78, 5) is 29.6. The van der Waals surface area contributed by atoms with Gasteiger partial charge in [0.2, 0.25) is 0 Å². The van der Waals surface area contributed by atoms with Crippen molar-refractivity contribution in [1.29, 1.82) is 0 Å². The monoisotopic (exact) mass is 362 g/mol. The lowest BCUT2D eigenvalue weighted by Crippen LogP contribution is -2.26. The molecule has 25 heavy (non-hydrogen) atoms. The van der Waals surface area contributed by atoms with E-state index < -0.39 is 5.97 Å². The number of hydrogen-bond acceptors (Lipinski definition) is 4. The predicted octanol–water partition coefficient (Wildman–Crippen LogP) is 3.78. The Bertz CT molecular complexity index is 783. The van der Waals surface area contributed by atoms with E-state index in [9.17, 15) is 9.59 Å². The van der Waals surface area contributed by atoms with E-state index in [0.29, 0.717) is 40.7 Å². The van der Waals surface area contributed by atoms with Gasteiger partial charge in [0.1, 0.15) is 0 Å². The quantitative estimate of drug-likeness (QED) is 0.601. The van der Waals surface area contributed by atoms with Gasteiger partial charge in [-0.15, -0.1) is 0 Å². The Kier molecular flexibility index (Phi) is 6.39. The van der Waals surface area contributed by atoms with Gasteiger partial charge in [0.05, 0.1) is 24.4 Å². The van der Waals surface area contributed by atoms with Crippen molar-refractivity contribution < 1.29 is 14.3 Å². The first kappa shape index (κ1) is 19.2. The normalized spacial score (nSPS) is 11.0. The number of nitrogens with zero attached hydrogens (tertiary/aromatic N) is 1. The van der Waals surface area contributed by atoms with Gasteiger partial charge in [-0.05, 0) is 51.1 Å². The van der Waals surface area contributed by atoms with Crippen LogP contribution in [0.2, 0.25) is 5.02 Å². The maximum atomic E-state index is 12.6. The summed E-state index contributed by atoms with van der Waals surface area (Å²) in [6.07, 6.45) is 0. The second-order valence-corrected chi connectivity index (χ2v) is 6.51. The molecule has 1 N–H and O–H groups in total. The third-order valence-corrected chi connectivity index (χ3v) is 4.19. The Morgan fingerprint density at radius 1 is 1.28 bits per heavy atom. The highest BCUT2D eigenvalue weighted by atomic mass is 35.5. The Hall–Kier alpha value is -2.11. The standard InChI is InChI=1S/C19H23ClN2O3/c1-5-25-19(24)17-12(2)18(21-13(17)3)16(23)11-22(4)10-14-7-6-8-15(20)9-14/h6-9,21H,5,10-11H2,1-4H3. The van der Waals surface area contributed by atoms with E-state index in [1.165, 1.54) is 0 Å². The SMILES string of the molecule is CCOC(=O)c1c(C)[nH]c(C(=O)CN(C)Cc2cccc(Cl)c2)c1C. The molecular weight excluding hydrogens is 340 g/mol. The Labute approximate surface area is 152 Å². The average molecular weight is 363 g/mol. The number of aryl methyl sites for hydroxylation is 1. The summed E-state index contributed by atoms with van der Waals surface area (Å²) < 4.78 is 5.06. The summed E-state index contributed by atoms with van der Waals surface area (Å²) in [7, 11) is 1.87.